The van der Waals surface area contributed by atoms with Crippen molar-refractivity contribution < 1.29 is 22.8 Å². The number of carbonyl (C=O) groups excluding carboxylic acids is 2. The van der Waals surface area contributed by atoms with Gasteiger partial charge in [0.25, 0.3) is 5.91 Å². The molecule has 11 heteroatoms. The van der Waals surface area contributed by atoms with Crippen LogP contribution < -0.4 is 4.90 Å². The Balaban J connectivity index is 2.06. The van der Waals surface area contributed by atoms with E-state index in [0.717, 1.165) is 12.1 Å². The summed E-state index contributed by atoms with van der Waals surface area (Å²) in [5.41, 5.74) is -3.00. The number of hydrogen-bond acceptors (Lipinski definition) is 3. The van der Waals surface area contributed by atoms with Crippen LogP contribution in [0.25, 0.3) is 0 Å². The molecule has 1 heterocycles. The number of rotatable bonds is 3. The van der Waals surface area contributed by atoms with Crippen molar-refractivity contribution in [2.75, 3.05) is 4.90 Å². The highest BCUT2D eigenvalue weighted by molar-refractivity contribution is 9.10. The summed E-state index contributed by atoms with van der Waals surface area (Å²) in [4.78, 5) is 28.1. The lowest BCUT2D eigenvalue weighted by molar-refractivity contribution is -0.137. The monoisotopic (exact) mass is 533 g/mol. The van der Waals surface area contributed by atoms with Crippen molar-refractivity contribution in [3.8, 4) is 6.07 Å². The Morgan fingerprint density at radius 1 is 1.16 bits per heavy atom. The van der Waals surface area contributed by atoms with Gasteiger partial charge in [0.1, 0.15) is 5.54 Å². The van der Waals surface area contributed by atoms with Gasteiger partial charge in [-0.2, -0.15) is 18.4 Å². The quantitative estimate of drug-likeness (QED) is 0.428. The number of hydrogen-bond donors (Lipinski definition) is 0. The number of carbonyl (C=O) groups is 2. The smallest absolute Gasteiger partial charge is 0.305 e. The number of anilines is 1. The summed E-state index contributed by atoms with van der Waals surface area (Å²) >= 11 is 15.5. The molecule has 0 aromatic heterocycles. The zero-order chi connectivity index (χ0) is 23.3. The number of alkyl halides is 3. The molecule has 0 N–H and O–H groups in total. The fraction of sp³-hybridized carbons (Fsp3) is 0.250. The summed E-state index contributed by atoms with van der Waals surface area (Å²) in [5, 5.41) is 9.59. The van der Waals surface area contributed by atoms with Gasteiger partial charge in [-0.15, -0.1) is 0 Å². The molecule has 0 saturated carbocycles. The molecule has 1 aliphatic rings. The maximum absolute atomic E-state index is 13.4. The van der Waals surface area contributed by atoms with Crippen LogP contribution in [0.3, 0.4) is 0 Å². The van der Waals surface area contributed by atoms with E-state index in [0.29, 0.717) is 26.0 Å². The zero-order valence-corrected chi connectivity index (χ0v) is 19.1. The highest BCUT2D eigenvalue weighted by Gasteiger charge is 2.52. The van der Waals surface area contributed by atoms with Crippen LogP contribution in [0.1, 0.15) is 30.5 Å². The van der Waals surface area contributed by atoms with E-state index < -0.39 is 34.8 Å². The first-order chi connectivity index (χ1) is 14.3. The Bertz CT molecular complexity index is 1120. The molecule has 0 radical (unpaired) electrons. The lowest BCUT2D eigenvalue weighted by atomic mass is 10.0. The Morgan fingerprint density at radius 3 is 2.35 bits per heavy atom. The molecular formula is C20H13BrCl2F3N3O2. The van der Waals surface area contributed by atoms with Crippen LogP contribution >= 0.6 is 39.1 Å². The van der Waals surface area contributed by atoms with Crippen LogP contribution in [0.2, 0.25) is 10.0 Å². The van der Waals surface area contributed by atoms with Crippen LogP contribution in [-0.4, -0.2) is 22.4 Å². The molecule has 31 heavy (non-hydrogen) atoms. The Kier molecular flexibility index (Phi) is 6.04. The molecule has 0 bridgehead atoms. The fourth-order valence-corrected chi connectivity index (χ4v) is 4.60. The van der Waals surface area contributed by atoms with Gasteiger partial charge in [0.2, 0.25) is 0 Å². The van der Waals surface area contributed by atoms with Crippen LogP contribution in [0.5, 0.6) is 0 Å². The predicted molar refractivity (Wildman–Crippen MR) is 113 cm³/mol. The minimum atomic E-state index is -4.83. The number of amides is 3. The molecule has 5 nitrogen and oxygen atoms in total. The van der Waals surface area contributed by atoms with E-state index in [2.05, 4.69) is 15.9 Å². The molecule has 3 rings (SSSR count). The fourth-order valence-electron chi connectivity index (χ4n) is 3.21. The summed E-state index contributed by atoms with van der Waals surface area (Å²) < 4.78 is 40.6. The van der Waals surface area contributed by atoms with E-state index in [1.54, 1.807) is 6.07 Å². The standard InChI is InChI=1S/C20H13BrCl2F3N3O2/c1-19(2)17(30)29(12-4-3-10(8-27)14(7-12)20(24,25)26)18(31)28(19)9-13-15(21)5-11(22)6-16(13)23/h3-7H,9H2,1-2H3. The topological polar surface area (TPSA) is 64.4 Å². The minimum absolute atomic E-state index is 0.0902. The van der Waals surface area contributed by atoms with E-state index in [1.807, 2.05) is 0 Å². The Hall–Kier alpha value is -2.28. The Labute approximate surface area is 194 Å². The SMILES string of the molecule is CC1(C)C(=O)N(c2ccc(C#N)c(C(F)(F)F)c2)C(=O)N1Cc1c(Cl)cc(Cl)cc1Br. The van der Waals surface area contributed by atoms with Crippen molar-refractivity contribution in [3.63, 3.8) is 0 Å². The van der Waals surface area contributed by atoms with E-state index in [4.69, 9.17) is 28.5 Å². The lowest BCUT2D eigenvalue weighted by Crippen LogP contribution is -2.43. The van der Waals surface area contributed by atoms with Crippen molar-refractivity contribution in [2.24, 2.45) is 0 Å². The molecule has 2 aromatic rings. The predicted octanol–water partition coefficient (Wildman–Crippen LogP) is 6.39. The molecular weight excluding hydrogens is 522 g/mol. The normalized spacial score (nSPS) is 16.1. The molecule has 0 spiro atoms. The van der Waals surface area contributed by atoms with Crippen LogP contribution in [-0.2, 0) is 17.5 Å². The third-order valence-corrected chi connectivity index (χ3v) is 6.20. The van der Waals surface area contributed by atoms with Gasteiger partial charge in [-0.1, -0.05) is 39.1 Å². The van der Waals surface area contributed by atoms with Crippen molar-refractivity contribution in [1.29, 1.82) is 5.26 Å². The van der Waals surface area contributed by atoms with Gasteiger partial charge in [-0.05, 0) is 44.2 Å². The average molecular weight is 535 g/mol. The molecule has 0 unspecified atom stereocenters. The number of imide groups is 1. The van der Waals surface area contributed by atoms with Gasteiger partial charge in [-0.25, -0.2) is 9.69 Å². The third kappa shape index (κ3) is 4.12. The summed E-state index contributed by atoms with van der Waals surface area (Å²) in [6.45, 7) is 2.88. The first-order valence-corrected chi connectivity index (χ1v) is 10.2. The molecule has 1 fully saturated rings. The van der Waals surface area contributed by atoms with Gasteiger partial charge < -0.3 is 4.90 Å². The molecule has 0 aliphatic carbocycles. The molecule has 2 aromatic carbocycles. The number of nitriles is 1. The van der Waals surface area contributed by atoms with Crippen LogP contribution in [0.4, 0.5) is 23.7 Å². The maximum Gasteiger partial charge on any atom is 0.417 e. The number of urea groups is 1. The van der Waals surface area contributed by atoms with E-state index >= 15 is 0 Å². The zero-order valence-electron chi connectivity index (χ0n) is 16.0. The number of benzene rings is 2. The number of nitrogens with zero attached hydrogens (tertiary/aromatic N) is 3. The van der Waals surface area contributed by atoms with E-state index in [1.165, 1.54) is 30.9 Å². The second kappa shape index (κ2) is 8.01. The van der Waals surface area contributed by atoms with Gasteiger partial charge in [0.05, 0.1) is 29.4 Å². The Morgan fingerprint density at radius 2 is 1.81 bits per heavy atom. The molecule has 1 aliphatic heterocycles. The molecule has 3 amide bonds. The van der Waals surface area contributed by atoms with E-state index in [9.17, 15) is 22.8 Å². The second-order valence-electron chi connectivity index (χ2n) is 7.26. The lowest BCUT2D eigenvalue weighted by Gasteiger charge is -2.28. The van der Waals surface area contributed by atoms with E-state index in [-0.39, 0.29) is 17.3 Å². The molecule has 0 atom stereocenters. The highest BCUT2D eigenvalue weighted by atomic mass is 79.9. The van der Waals surface area contributed by atoms with Crippen molar-refractivity contribution in [2.45, 2.75) is 32.1 Å². The minimum Gasteiger partial charge on any atom is -0.305 e. The summed E-state index contributed by atoms with van der Waals surface area (Å²) in [5.74, 6) is -0.712. The third-order valence-electron chi connectivity index (χ3n) is 4.93. The maximum atomic E-state index is 13.4. The average Bonchev–Trinajstić information content (AvgIpc) is 2.82. The second-order valence-corrected chi connectivity index (χ2v) is 8.95. The van der Waals surface area contributed by atoms with Crippen molar-refractivity contribution in [1.82, 2.24) is 4.90 Å². The summed E-state index contributed by atoms with van der Waals surface area (Å²) in [6, 6.07) is 6.40. The van der Waals surface area contributed by atoms with Crippen molar-refractivity contribution >= 4 is 56.8 Å². The van der Waals surface area contributed by atoms with Gasteiger partial charge in [-0.3, -0.25) is 4.79 Å². The van der Waals surface area contributed by atoms with Crippen molar-refractivity contribution in [3.05, 3.63) is 61.5 Å². The number of halogens is 6. The van der Waals surface area contributed by atoms with Gasteiger partial charge in [0, 0.05) is 20.1 Å². The van der Waals surface area contributed by atoms with Gasteiger partial charge in [0.15, 0.2) is 0 Å². The first-order valence-electron chi connectivity index (χ1n) is 8.70. The molecule has 162 valence electrons. The largest absolute Gasteiger partial charge is 0.417 e. The molecule has 1 saturated heterocycles. The van der Waals surface area contributed by atoms with Crippen LogP contribution in [0.15, 0.2) is 34.8 Å². The van der Waals surface area contributed by atoms with Gasteiger partial charge >= 0.3 is 12.2 Å². The van der Waals surface area contributed by atoms with Crippen LogP contribution in [0, 0.1) is 11.3 Å². The highest BCUT2D eigenvalue weighted by Crippen LogP contribution is 2.39. The summed E-state index contributed by atoms with van der Waals surface area (Å²) in [6.07, 6.45) is -4.83. The summed E-state index contributed by atoms with van der Waals surface area (Å²) in [7, 11) is 0. The first kappa shape index (κ1) is 23.4.